The average molecular weight is 238 g/mol. The molecule has 0 aliphatic carbocycles. The zero-order valence-electron chi connectivity index (χ0n) is 9.99. The zero-order chi connectivity index (χ0) is 12.2. The summed E-state index contributed by atoms with van der Waals surface area (Å²) >= 11 is 1.46. The Hall–Kier alpha value is -0.960. The summed E-state index contributed by atoms with van der Waals surface area (Å²) in [6, 6.07) is 7.99. The van der Waals surface area contributed by atoms with Crippen molar-refractivity contribution in [3.63, 3.8) is 0 Å². The molecule has 0 aliphatic rings. The summed E-state index contributed by atoms with van der Waals surface area (Å²) in [6.07, 6.45) is 1.27. The van der Waals surface area contributed by atoms with E-state index >= 15 is 0 Å². The van der Waals surface area contributed by atoms with Crippen LogP contribution in [0.3, 0.4) is 0 Å². The van der Waals surface area contributed by atoms with Gasteiger partial charge in [0.15, 0.2) is 0 Å². The SMILES string of the molecule is CCC(CC)(Sc1cccc(C)c1)C(=O)O. The van der Waals surface area contributed by atoms with Gasteiger partial charge in [-0.05, 0) is 31.9 Å². The molecule has 0 spiro atoms. The Morgan fingerprint density at radius 2 is 2.00 bits per heavy atom. The molecule has 0 heterocycles. The molecule has 0 unspecified atom stereocenters. The van der Waals surface area contributed by atoms with Crippen LogP contribution in [0, 0.1) is 6.92 Å². The number of carbonyl (C=O) groups is 1. The van der Waals surface area contributed by atoms with Crippen molar-refractivity contribution in [1.82, 2.24) is 0 Å². The lowest BCUT2D eigenvalue weighted by Gasteiger charge is -2.26. The molecule has 0 radical (unpaired) electrons. The van der Waals surface area contributed by atoms with E-state index in [4.69, 9.17) is 0 Å². The molecule has 2 nitrogen and oxygen atoms in total. The van der Waals surface area contributed by atoms with Gasteiger partial charge in [-0.3, -0.25) is 4.79 Å². The molecule has 1 aromatic rings. The van der Waals surface area contributed by atoms with Crippen LogP contribution in [0.5, 0.6) is 0 Å². The highest BCUT2D eigenvalue weighted by Crippen LogP contribution is 2.38. The second kappa shape index (κ2) is 5.39. The molecule has 1 aromatic carbocycles. The van der Waals surface area contributed by atoms with Crippen LogP contribution in [-0.2, 0) is 4.79 Å². The van der Waals surface area contributed by atoms with E-state index in [2.05, 4.69) is 0 Å². The first-order valence-electron chi connectivity index (χ1n) is 5.53. The number of hydrogen-bond donors (Lipinski definition) is 1. The number of aliphatic carboxylic acids is 1. The zero-order valence-corrected chi connectivity index (χ0v) is 10.8. The molecule has 0 aromatic heterocycles. The topological polar surface area (TPSA) is 37.3 Å². The van der Waals surface area contributed by atoms with Crippen molar-refractivity contribution in [3.8, 4) is 0 Å². The number of rotatable bonds is 5. The first kappa shape index (κ1) is 13.1. The molecular formula is C13H18O2S. The summed E-state index contributed by atoms with van der Waals surface area (Å²) in [4.78, 5) is 12.4. The predicted molar refractivity (Wildman–Crippen MR) is 68.0 cm³/mol. The van der Waals surface area contributed by atoms with Gasteiger partial charge in [0, 0.05) is 4.90 Å². The van der Waals surface area contributed by atoms with Gasteiger partial charge >= 0.3 is 5.97 Å². The van der Waals surface area contributed by atoms with Crippen LogP contribution in [0.15, 0.2) is 29.2 Å². The summed E-state index contributed by atoms with van der Waals surface area (Å²) in [5.41, 5.74) is 1.16. The lowest BCUT2D eigenvalue weighted by molar-refractivity contribution is -0.140. The van der Waals surface area contributed by atoms with E-state index in [0.29, 0.717) is 12.8 Å². The predicted octanol–water partition coefficient (Wildman–Crippen LogP) is 3.73. The quantitative estimate of drug-likeness (QED) is 0.794. The molecule has 1 N–H and O–H groups in total. The van der Waals surface area contributed by atoms with Gasteiger partial charge in [-0.2, -0.15) is 0 Å². The molecule has 1 rings (SSSR count). The molecular weight excluding hydrogens is 220 g/mol. The Balaban J connectivity index is 2.96. The fourth-order valence-electron chi connectivity index (χ4n) is 1.64. The van der Waals surface area contributed by atoms with Crippen LogP contribution < -0.4 is 0 Å². The second-order valence-corrected chi connectivity index (χ2v) is 5.38. The molecule has 0 bridgehead atoms. The molecule has 0 aliphatic heterocycles. The number of hydrogen-bond acceptors (Lipinski definition) is 2. The number of thioether (sulfide) groups is 1. The molecule has 0 atom stereocenters. The van der Waals surface area contributed by atoms with Crippen molar-refractivity contribution in [3.05, 3.63) is 29.8 Å². The molecule has 88 valence electrons. The van der Waals surface area contributed by atoms with E-state index in [-0.39, 0.29) is 0 Å². The van der Waals surface area contributed by atoms with Crippen LogP contribution in [0.4, 0.5) is 0 Å². The minimum Gasteiger partial charge on any atom is -0.480 e. The van der Waals surface area contributed by atoms with E-state index < -0.39 is 10.7 Å². The van der Waals surface area contributed by atoms with Gasteiger partial charge in [-0.15, -0.1) is 11.8 Å². The van der Waals surface area contributed by atoms with E-state index in [1.54, 1.807) is 0 Å². The average Bonchev–Trinajstić information content (AvgIpc) is 2.25. The third-order valence-electron chi connectivity index (χ3n) is 2.83. The van der Waals surface area contributed by atoms with Crippen LogP contribution in [-0.4, -0.2) is 15.8 Å². The molecule has 3 heteroatoms. The van der Waals surface area contributed by atoms with Crippen molar-refractivity contribution < 1.29 is 9.90 Å². The van der Waals surface area contributed by atoms with Crippen molar-refractivity contribution in [2.45, 2.75) is 43.3 Å². The van der Waals surface area contributed by atoms with Crippen LogP contribution in [0.2, 0.25) is 0 Å². The Kier molecular flexibility index (Phi) is 4.42. The van der Waals surface area contributed by atoms with E-state index in [1.165, 1.54) is 11.8 Å². The van der Waals surface area contributed by atoms with Crippen molar-refractivity contribution in [1.29, 1.82) is 0 Å². The third kappa shape index (κ3) is 2.79. The second-order valence-electron chi connectivity index (χ2n) is 3.93. The van der Waals surface area contributed by atoms with Crippen LogP contribution in [0.1, 0.15) is 32.3 Å². The fourth-order valence-corrected chi connectivity index (χ4v) is 2.86. The number of aryl methyl sites for hydroxylation is 1. The first-order chi connectivity index (χ1) is 7.54. The highest BCUT2D eigenvalue weighted by atomic mass is 32.2. The smallest absolute Gasteiger partial charge is 0.320 e. The lowest BCUT2D eigenvalue weighted by Crippen LogP contribution is -2.33. The van der Waals surface area contributed by atoms with E-state index in [0.717, 1.165) is 10.5 Å². The van der Waals surface area contributed by atoms with E-state index in [1.807, 2.05) is 45.0 Å². The number of carboxylic acids is 1. The summed E-state index contributed by atoms with van der Waals surface area (Å²) in [5.74, 6) is -0.719. The number of carboxylic acid groups (broad SMARTS) is 1. The van der Waals surface area contributed by atoms with Gasteiger partial charge in [0.25, 0.3) is 0 Å². The van der Waals surface area contributed by atoms with Gasteiger partial charge in [0.1, 0.15) is 4.75 Å². The Morgan fingerprint density at radius 3 is 2.44 bits per heavy atom. The highest BCUT2D eigenvalue weighted by Gasteiger charge is 2.35. The minimum absolute atomic E-state index is 0.636. The van der Waals surface area contributed by atoms with Crippen LogP contribution in [0.25, 0.3) is 0 Å². The fraction of sp³-hybridized carbons (Fsp3) is 0.462. The largest absolute Gasteiger partial charge is 0.480 e. The normalized spacial score (nSPS) is 11.4. The van der Waals surface area contributed by atoms with Gasteiger partial charge in [-0.1, -0.05) is 31.5 Å². The van der Waals surface area contributed by atoms with Gasteiger partial charge in [0.2, 0.25) is 0 Å². The Morgan fingerprint density at radius 1 is 1.38 bits per heavy atom. The van der Waals surface area contributed by atoms with Gasteiger partial charge in [-0.25, -0.2) is 0 Å². The van der Waals surface area contributed by atoms with Gasteiger partial charge < -0.3 is 5.11 Å². The molecule has 0 saturated carbocycles. The summed E-state index contributed by atoms with van der Waals surface area (Å²) in [7, 11) is 0. The summed E-state index contributed by atoms with van der Waals surface area (Å²) < 4.78 is -0.687. The van der Waals surface area contributed by atoms with Crippen molar-refractivity contribution in [2.24, 2.45) is 0 Å². The molecule has 16 heavy (non-hydrogen) atoms. The maximum Gasteiger partial charge on any atom is 0.320 e. The number of benzene rings is 1. The maximum atomic E-state index is 11.4. The lowest BCUT2D eigenvalue weighted by atomic mass is 10.0. The Labute approximate surface area is 101 Å². The summed E-state index contributed by atoms with van der Waals surface area (Å²) in [5, 5.41) is 9.33. The maximum absolute atomic E-state index is 11.4. The monoisotopic (exact) mass is 238 g/mol. The van der Waals surface area contributed by atoms with Crippen LogP contribution >= 0.6 is 11.8 Å². The van der Waals surface area contributed by atoms with Crippen molar-refractivity contribution in [2.75, 3.05) is 0 Å². The summed E-state index contributed by atoms with van der Waals surface area (Å²) in [6.45, 7) is 5.88. The van der Waals surface area contributed by atoms with E-state index in [9.17, 15) is 9.90 Å². The standard InChI is InChI=1S/C13H18O2S/c1-4-13(5-2,12(14)15)16-11-8-6-7-10(3)9-11/h6-9H,4-5H2,1-3H3,(H,14,15). The molecule has 0 amide bonds. The first-order valence-corrected chi connectivity index (χ1v) is 6.35. The van der Waals surface area contributed by atoms with Gasteiger partial charge in [0.05, 0.1) is 0 Å². The molecule has 0 saturated heterocycles. The molecule has 0 fully saturated rings. The minimum atomic E-state index is -0.719. The van der Waals surface area contributed by atoms with Crippen molar-refractivity contribution >= 4 is 17.7 Å². The Bertz CT molecular complexity index is 370. The third-order valence-corrected chi connectivity index (χ3v) is 4.47. The highest BCUT2D eigenvalue weighted by molar-refractivity contribution is 8.01.